The normalized spacial score (nSPS) is 25.4. The summed E-state index contributed by atoms with van der Waals surface area (Å²) in [5.41, 5.74) is 1.11. The molecule has 0 bridgehead atoms. The molecule has 1 aliphatic rings. The van der Waals surface area contributed by atoms with E-state index in [1.807, 2.05) is 26.0 Å². The van der Waals surface area contributed by atoms with Gasteiger partial charge in [0.05, 0.1) is 10.8 Å². The van der Waals surface area contributed by atoms with E-state index in [2.05, 4.69) is 4.98 Å². The molecule has 0 spiro atoms. The highest BCUT2D eigenvalue weighted by atomic mass is 35.5. The number of carbonyl (C=O) groups excluding carboxylic acids is 1. The largest absolute Gasteiger partial charge is 0.332 e. The van der Waals surface area contributed by atoms with Gasteiger partial charge in [-0.05, 0) is 32.0 Å². The molecule has 1 amide bonds. The number of carbonyl (C=O) groups is 1. The lowest BCUT2D eigenvalue weighted by atomic mass is 10.1. The first kappa shape index (κ1) is 15.4. The summed E-state index contributed by atoms with van der Waals surface area (Å²) in [5, 5.41) is 1.52. The van der Waals surface area contributed by atoms with Crippen LogP contribution in [0.1, 0.15) is 24.3 Å². The van der Waals surface area contributed by atoms with E-state index in [1.54, 1.807) is 23.1 Å². The minimum Gasteiger partial charge on any atom is -0.332 e. The SMILES string of the molecule is C[C@@H]1[C@@H](C)[S@@](=O)CCN1C(=O)c1ccc2ccc(Cl)cc2n1. The van der Waals surface area contributed by atoms with E-state index in [-0.39, 0.29) is 17.2 Å². The molecule has 1 aromatic carbocycles. The van der Waals surface area contributed by atoms with Crippen molar-refractivity contribution in [3.8, 4) is 0 Å². The zero-order valence-electron chi connectivity index (χ0n) is 12.5. The predicted molar refractivity (Wildman–Crippen MR) is 89.7 cm³/mol. The van der Waals surface area contributed by atoms with Crippen LogP contribution in [-0.4, -0.2) is 43.6 Å². The van der Waals surface area contributed by atoms with Crippen molar-refractivity contribution in [2.45, 2.75) is 25.1 Å². The van der Waals surface area contributed by atoms with Crippen LogP contribution in [0, 0.1) is 0 Å². The Morgan fingerprint density at radius 2 is 2.05 bits per heavy atom. The number of pyridine rings is 1. The second kappa shape index (κ2) is 5.97. The van der Waals surface area contributed by atoms with Crippen LogP contribution >= 0.6 is 11.6 Å². The summed E-state index contributed by atoms with van der Waals surface area (Å²) >= 11 is 5.99. The van der Waals surface area contributed by atoms with Gasteiger partial charge in [-0.15, -0.1) is 0 Å². The molecule has 3 rings (SSSR count). The lowest BCUT2D eigenvalue weighted by Crippen LogP contribution is -2.52. The molecule has 0 N–H and O–H groups in total. The summed E-state index contributed by atoms with van der Waals surface area (Å²) in [6.07, 6.45) is 0. The molecule has 4 nitrogen and oxygen atoms in total. The number of nitrogens with zero attached hydrogens (tertiary/aromatic N) is 2. The first-order chi connectivity index (χ1) is 10.5. The Hall–Kier alpha value is -1.46. The van der Waals surface area contributed by atoms with Crippen LogP contribution in [0.15, 0.2) is 30.3 Å². The Balaban J connectivity index is 1.93. The van der Waals surface area contributed by atoms with Crippen LogP contribution in [0.25, 0.3) is 10.9 Å². The summed E-state index contributed by atoms with van der Waals surface area (Å²) in [5.74, 6) is 0.411. The molecule has 3 atom stereocenters. The molecule has 0 aliphatic carbocycles. The first-order valence-corrected chi connectivity index (χ1v) is 8.98. The third kappa shape index (κ3) is 2.75. The van der Waals surface area contributed by atoms with Gasteiger partial charge in [-0.2, -0.15) is 0 Å². The molecule has 0 radical (unpaired) electrons. The van der Waals surface area contributed by atoms with Gasteiger partial charge in [0.1, 0.15) is 5.69 Å². The molecule has 1 fully saturated rings. The van der Waals surface area contributed by atoms with E-state index in [9.17, 15) is 9.00 Å². The van der Waals surface area contributed by atoms with Gasteiger partial charge in [0.25, 0.3) is 5.91 Å². The van der Waals surface area contributed by atoms with Gasteiger partial charge in [0.15, 0.2) is 0 Å². The Morgan fingerprint density at radius 3 is 2.82 bits per heavy atom. The van der Waals surface area contributed by atoms with E-state index >= 15 is 0 Å². The van der Waals surface area contributed by atoms with Gasteiger partial charge < -0.3 is 4.90 Å². The van der Waals surface area contributed by atoms with Crippen molar-refractivity contribution in [2.24, 2.45) is 0 Å². The fourth-order valence-electron chi connectivity index (χ4n) is 2.69. The van der Waals surface area contributed by atoms with E-state index in [0.717, 1.165) is 5.39 Å². The number of amides is 1. The quantitative estimate of drug-likeness (QED) is 0.804. The van der Waals surface area contributed by atoms with E-state index in [0.29, 0.717) is 28.5 Å². The monoisotopic (exact) mass is 336 g/mol. The van der Waals surface area contributed by atoms with Crippen LogP contribution in [-0.2, 0) is 10.8 Å². The van der Waals surface area contributed by atoms with Gasteiger partial charge >= 0.3 is 0 Å². The van der Waals surface area contributed by atoms with Crippen LogP contribution in [0.4, 0.5) is 0 Å². The van der Waals surface area contributed by atoms with E-state index in [4.69, 9.17) is 11.6 Å². The highest BCUT2D eigenvalue weighted by Gasteiger charge is 2.33. The molecule has 2 heterocycles. The number of hydrogen-bond donors (Lipinski definition) is 0. The standard InChI is InChI=1S/C16H17ClN2O2S/c1-10-11(2)22(21)8-7-19(10)16(20)14-6-4-12-3-5-13(17)9-15(12)18-14/h3-6,9-11H,7-8H2,1-2H3/t10-,11-,22+/m1/s1. The summed E-state index contributed by atoms with van der Waals surface area (Å²) < 4.78 is 11.9. The van der Waals surface area contributed by atoms with Crippen LogP contribution in [0.2, 0.25) is 5.02 Å². The molecule has 0 unspecified atom stereocenters. The van der Waals surface area contributed by atoms with Crippen LogP contribution in [0.5, 0.6) is 0 Å². The molecule has 6 heteroatoms. The third-order valence-corrected chi connectivity index (χ3v) is 6.30. The van der Waals surface area contributed by atoms with E-state index < -0.39 is 10.8 Å². The van der Waals surface area contributed by atoms with Crippen molar-refractivity contribution < 1.29 is 9.00 Å². The highest BCUT2D eigenvalue weighted by Crippen LogP contribution is 2.21. The third-order valence-electron chi connectivity index (χ3n) is 4.25. The summed E-state index contributed by atoms with van der Waals surface area (Å²) in [7, 11) is -0.866. The second-order valence-corrected chi connectivity index (χ2v) is 7.91. The number of fused-ring (bicyclic) bond motifs is 1. The number of aromatic nitrogens is 1. The molecule has 1 aliphatic heterocycles. The molecule has 1 saturated heterocycles. The van der Waals surface area contributed by atoms with Gasteiger partial charge in [0, 0.05) is 39.5 Å². The lowest BCUT2D eigenvalue weighted by Gasteiger charge is -2.37. The fourth-order valence-corrected chi connectivity index (χ4v) is 4.20. The van der Waals surface area contributed by atoms with Crippen molar-refractivity contribution in [1.29, 1.82) is 0 Å². The number of rotatable bonds is 1. The van der Waals surface area contributed by atoms with E-state index in [1.165, 1.54) is 0 Å². The number of halogens is 1. The van der Waals surface area contributed by atoms with Crippen LogP contribution < -0.4 is 0 Å². The highest BCUT2D eigenvalue weighted by molar-refractivity contribution is 7.85. The Morgan fingerprint density at radius 1 is 1.32 bits per heavy atom. The van der Waals surface area contributed by atoms with Crippen molar-refractivity contribution in [3.05, 3.63) is 41.0 Å². The van der Waals surface area contributed by atoms with Gasteiger partial charge in [0.2, 0.25) is 0 Å². The fraction of sp³-hybridized carbons (Fsp3) is 0.375. The summed E-state index contributed by atoms with van der Waals surface area (Å²) in [4.78, 5) is 18.9. The maximum Gasteiger partial charge on any atom is 0.272 e. The molecule has 2 aromatic rings. The molecule has 0 saturated carbocycles. The second-order valence-electron chi connectivity index (χ2n) is 5.56. The average Bonchev–Trinajstić information content (AvgIpc) is 2.51. The summed E-state index contributed by atoms with van der Waals surface area (Å²) in [6, 6.07) is 9.00. The molecule has 116 valence electrons. The van der Waals surface area contributed by atoms with Gasteiger partial charge in [-0.25, -0.2) is 4.98 Å². The molecular weight excluding hydrogens is 320 g/mol. The molecule has 22 heavy (non-hydrogen) atoms. The topological polar surface area (TPSA) is 50.3 Å². The minimum atomic E-state index is -0.866. The Labute approximate surface area is 136 Å². The minimum absolute atomic E-state index is 0.0207. The smallest absolute Gasteiger partial charge is 0.272 e. The maximum absolute atomic E-state index is 12.7. The molecule has 1 aromatic heterocycles. The molecular formula is C16H17ClN2O2S. The Kier molecular flexibility index (Phi) is 4.19. The zero-order valence-corrected chi connectivity index (χ0v) is 14.0. The first-order valence-electron chi connectivity index (χ1n) is 7.22. The van der Waals surface area contributed by atoms with Gasteiger partial charge in [-0.1, -0.05) is 23.7 Å². The zero-order chi connectivity index (χ0) is 15.9. The Bertz CT molecular complexity index is 765. The van der Waals surface area contributed by atoms with Crippen molar-refractivity contribution in [1.82, 2.24) is 9.88 Å². The number of hydrogen-bond acceptors (Lipinski definition) is 3. The maximum atomic E-state index is 12.7. The van der Waals surface area contributed by atoms with Crippen molar-refractivity contribution in [3.63, 3.8) is 0 Å². The summed E-state index contributed by atoms with van der Waals surface area (Å²) in [6.45, 7) is 4.37. The van der Waals surface area contributed by atoms with Crippen LogP contribution in [0.3, 0.4) is 0 Å². The number of benzene rings is 1. The van der Waals surface area contributed by atoms with Crippen molar-refractivity contribution in [2.75, 3.05) is 12.3 Å². The lowest BCUT2D eigenvalue weighted by molar-refractivity contribution is 0.0690. The average molecular weight is 337 g/mol. The van der Waals surface area contributed by atoms with Gasteiger partial charge in [-0.3, -0.25) is 9.00 Å². The van der Waals surface area contributed by atoms with Crippen molar-refractivity contribution >= 4 is 39.2 Å². The predicted octanol–water partition coefficient (Wildman–Crippen LogP) is 2.87.